The normalized spacial score (nSPS) is 15.5. The highest BCUT2D eigenvalue weighted by atomic mass is 79.9. The van der Waals surface area contributed by atoms with E-state index < -0.39 is 0 Å². The third kappa shape index (κ3) is 2.56. The Bertz CT molecular complexity index is 930. The Morgan fingerprint density at radius 2 is 1.92 bits per heavy atom. The summed E-state index contributed by atoms with van der Waals surface area (Å²) in [7, 11) is 0. The average molecular weight is 425 g/mol. The van der Waals surface area contributed by atoms with Crippen molar-refractivity contribution >= 4 is 50.2 Å². The summed E-state index contributed by atoms with van der Waals surface area (Å²) in [5.41, 5.74) is 3.94. The van der Waals surface area contributed by atoms with E-state index in [1.807, 2.05) is 6.07 Å². The maximum atomic E-state index is 6.88. The van der Waals surface area contributed by atoms with Crippen molar-refractivity contribution in [3.63, 3.8) is 0 Å². The number of aryl methyl sites for hydroxylation is 1. The number of fused-ring (bicyclic) bond motifs is 1. The van der Waals surface area contributed by atoms with Crippen LogP contribution in [0.1, 0.15) is 37.3 Å². The second-order valence-corrected chi connectivity index (χ2v) is 7.89. The van der Waals surface area contributed by atoms with Gasteiger partial charge in [0.2, 0.25) is 0 Å². The molecule has 0 bridgehead atoms. The van der Waals surface area contributed by atoms with Crippen molar-refractivity contribution in [1.29, 1.82) is 0 Å². The Hall–Kier alpha value is -1.10. The first-order valence-electron chi connectivity index (χ1n) is 8.04. The molecule has 1 fully saturated rings. The van der Waals surface area contributed by atoms with Gasteiger partial charge in [-0.25, -0.2) is 9.97 Å². The molecule has 3 aromatic rings. The molecular weight excluding hydrogens is 409 g/mol. The molecule has 124 valence electrons. The molecule has 0 aliphatic heterocycles. The first-order valence-corrected chi connectivity index (χ1v) is 9.59. The molecule has 3 nitrogen and oxygen atoms in total. The van der Waals surface area contributed by atoms with E-state index in [-0.39, 0.29) is 0 Å². The Morgan fingerprint density at radius 3 is 2.67 bits per heavy atom. The maximum Gasteiger partial charge on any atom is 0.146 e. The molecule has 0 radical (unpaired) electrons. The zero-order valence-corrected chi connectivity index (χ0v) is 16.3. The van der Waals surface area contributed by atoms with E-state index in [9.17, 15) is 0 Å². The number of nitrogens with zero attached hydrogens (tertiary/aromatic N) is 3. The van der Waals surface area contributed by atoms with Gasteiger partial charge in [-0.2, -0.15) is 0 Å². The van der Waals surface area contributed by atoms with Gasteiger partial charge >= 0.3 is 0 Å². The minimum Gasteiger partial charge on any atom is -0.313 e. The van der Waals surface area contributed by atoms with E-state index in [1.54, 1.807) is 0 Å². The summed E-state index contributed by atoms with van der Waals surface area (Å²) in [6, 6.07) is 6.60. The predicted molar refractivity (Wildman–Crippen MR) is 103 cm³/mol. The Balaban J connectivity index is 2.08. The van der Waals surface area contributed by atoms with E-state index in [2.05, 4.69) is 49.5 Å². The van der Waals surface area contributed by atoms with E-state index in [0.717, 1.165) is 39.5 Å². The van der Waals surface area contributed by atoms with Crippen molar-refractivity contribution in [3.8, 4) is 11.1 Å². The molecule has 0 spiro atoms. The number of aromatic nitrogens is 3. The molecule has 0 N–H and O–H groups in total. The molecule has 1 aliphatic carbocycles. The van der Waals surface area contributed by atoms with Crippen LogP contribution in [0.4, 0.5) is 0 Å². The standard InChI is InChI=1S/C18H16BrCl2N3/c1-10-6-7-13(19)12(8-10)14-15-16(20)22-9-23-18(15)24(17(14)21)11-4-2-3-5-11/h6-9,11H,2-5H2,1H3. The summed E-state index contributed by atoms with van der Waals surface area (Å²) in [4.78, 5) is 8.71. The maximum absolute atomic E-state index is 6.88. The molecule has 6 heteroatoms. The van der Waals surface area contributed by atoms with Gasteiger partial charge in [0, 0.05) is 16.1 Å². The molecule has 1 saturated carbocycles. The fourth-order valence-corrected chi connectivity index (χ4v) is 4.72. The lowest BCUT2D eigenvalue weighted by atomic mass is 10.0. The van der Waals surface area contributed by atoms with Gasteiger partial charge in [-0.1, -0.05) is 69.7 Å². The second-order valence-electron chi connectivity index (χ2n) is 6.32. The molecule has 2 aromatic heterocycles. The number of benzene rings is 1. The topological polar surface area (TPSA) is 30.7 Å². The van der Waals surface area contributed by atoms with Crippen molar-refractivity contribution < 1.29 is 0 Å². The summed E-state index contributed by atoms with van der Waals surface area (Å²) in [5.74, 6) is 0. The molecule has 24 heavy (non-hydrogen) atoms. The van der Waals surface area contributed by atoms with Crippen LogP contribution in [0, 0.1) is 6.92 Å². The smallest absolute Gasteiger partial charge is 0.146 e. The highest BCUT2D eigenvalue weighted by molar-refractivity contribution is 9.10. The number of hydrogen-bond donors (Lipinski definition) is 0. The fourth-order valence-electron chi connectivity index (χ4n) is 3.64. The van der Waals surface area contributed by atoms with Crippen molar-refractivity contribution in [1.82, 2.24) is 14.5 Å². The summed E-state index contributed by atoms with van der Waals surface area (Å²) in [6.45, 7) is 2.07. The summed E-state index contributed by atoms with van der Waals surface area (Å²) in [6.07, 6.45) is 6.21. The van der Waals surface area contributed by atoms with E-state index in [1.165, 1.54) is 24.7 Å². The number of halogens is 3. The molecule has 4 rings (SSSR count). The molecule has 0 atom stereocenters. The second kappa shape index (κ2) is 6.32. The molecule has 0 amide bonds. The van der Waals surface area contributed by atoms with E-state index in [4.69, 9.17) is 23.2 Å². The van der Waals surface area contributed by atoms with Gasteiger partial charge in [0.25, 0.3) is 0 Å². The summed E-state index contributed by atoms with van der Waals surface area (Å²) in [5, 5.41) is 1.98. The van der Waals surface area contributed by atoms with Gasteiger partial charge in [-0.15, -0.1) is 0 Å². The summed E-state index contributed by atoms with van der Waals surface area (Å²) < 4.78 is 3.14. The highest BCUT2D eigenvalue weighted by Crippen LogP contribution is 2.46. The zero-order chi connectivity index (χ0) is 16.8. The van der Waals surface area contributed by atoms with Gasteiger partial charge < -0.3 is 4.57 Å². The van der Waals surface area contributed by atoms with Gasteiger partial charge in [0.05, 0.1) is 5.39 Å². The first kappa shape index (κ1) is 16.4. The minimum absolute atomic E-state index is 0.378. The van der Waals surface area contributed by atoms with Crippen LogP contribution in [0.25, 0.3) is 22.2 Å². The lowest BCUT2D eigenvalue weighted by Gasteiger charge is -2.14. The van der Waals surface area contributed by atoms with Crippen molar-refractivity contribution in [2.75, 3.05) is 0 Å². The molecule has 0 saturated heterocycles. The molecule has 0 unspecified atom stereocenters. The largest absolute Gasteiger partial charge is 0.313 e. The summed E-state index contributed by atoms with van der Waals surface area (Å²) >= 11 is 17.0. The van der Waals surface area contributed by atoms with E-state index >= 15 is 0 Å². The third-order valence-corrected chi connectivity index (χ3v) is 6.11. The van der Waals surface area contributed by atoms with Crippen molar-refractivity contribution in [3.05, 3.63) is 44.9 Å². The van der Waals surface area contributed by atoms with Crippen LogP contribution in [0.5, 0.6) is 0 Å². The van der Waals surface area contributed by atoms with E-state index in [0.29, 0.717) is 16.3 Å². The molecule has 1 aliphatic rings. The number of hydrogen-bond acceptors (Lipinski definition) is 2. The number of rotatable bonds is 2. The molecule has 2 heterocycles. The van der Waals surface area contributed by atoms with Crippen molar-refractivity contribution in [2.45, 2.75) is 38.6 Å². The quantitative estimate of drug-likeness (QED) is 0.434. The van der Waals surface area contributed by atoms with Crippen LogP contribution < -0.4 is 0 Å². The van der Waals surface area contributed by atoms with Gasteiger partial charge in [-0.05, 0) is 31.4 Å². The Labute approximate surface area is 159 Å². The predicted octanol–water partition coefficient (Wildman–Crippen LogP) is 6.59. The van der Waals surface area contributed by atoms with Gasteiger partial charge in [0.1, 0.15) is 22.3 Å². The fraction of sp³-hybridized carbons (Fsp3) is 0.333. The Kier molecular flexibility index (Phi) is 4.31. The SMILES string of the molecule is Cc1ccc(Br)c(-c2c(Cl)n(C3CCCC3)c3ncnc(Cl)c23)c1. The van der Waals surface area contributed by atoms with Crippen LogP contribution in [0.3, 0.4) is 0 Å². The van der Waals surface area contributed by atoms with Crippen LogP contribution in [0.2, 0.25) is 10.3 Å². The van der Waals surface area contributed by atoms with Crippen LogP contribution in [-0.2, 0) is 0 Å². The van der Waals surface area contributed by atoms with Gasteiger partial charge in [0.15, 0.2) is 0 Å². The molecule has 1 aromatic carbocycles. The zero-order valence-electron chi connectivity index (χ0n) is 13.2. The minimum atomic E-state index is 0.378. The average Bonchev–Trinajstić information content (AvgIpc) is 3.16. The third-order valence-electron chi connectivity index (χ3n) is 4.76. The first-order chi connectivity index (χ1) is 11.6. The molecular formula is C18H16BrCl2N3. The van der Waals surface area contributed by atoms with Crippen LogP contribution >= 0.6 is 39.1 Å². The Morgan fingerprint density at radius 1 is 1.17 bits per heavy atom. The van der Waals surface area contributed by atoms with Crippen LogP contribution in [-0.4, -0.2) is 14.5 Å². The van der Waals surface area contributed by atoms with Gasteiger partial charge in [-0.3, -0.25) is 0 Å². The van der Waals surface area contributed by atoms with Crippen molar-refractivity contribution in [2.24, 2.45) is 0 Å². The lowest BCUT2D eigenvalue weighted by molar-refractivity contribution is 0.533. The monoisotopic (exact) mass is 423 g/mol. The lowest BCUT2D eigenvalue weighted by Crippen LogP contribution is -2.05. The van der Waals surface area contributed by atoms with Crippen LogP contribution in [0.15, 0.2) is 29.0 Å². The highest BCUT2D eigenvalue weighted by Gasteiger charge is 2.28.